The second-order valence-corrected chi connectivity index (χ2v) is 6.19. The fourth-order valence-corrected chi connectivity index (χ4v) is 3.62. The first-order chi connectivity index (χ1) is 11.2. The Balaban J connectivity index is 1.81. The average molecular weight is 320 g/mol. The fraction of sp³-hybridized carbons (Fsp3) is 0.588. The fourth-order valence-electron chi connectivity index (χ4n) is 3.62. The molecule has 2 fully saturated rings. The maximum Gasteiger partial charge on any atom is 0.259 e. The van der Waals surface area contributed by atoms with Gasteiger partial charge in [0.1, 0.15) is 17.1 Å². The first-order valence-corrected chi connectivity index (χ1v) is 8.18. The predicted octanol–water partition coefficient (Wildman–Crippen LogP) is 1.43. The lowest BCUT2D eigenvalue weighted by Gasteiger charge is -2.46. The van der Waals surface area contributed by atoms with Crippen LogP contribution in [0, 0.1) is 0 Å². The largest absolute Gasteiger partial charge is 0.507 e. The van der Waals surface area contributed by atoms with Crippen LogP contribution < -0.4 is 15.4 Å². The molecule has 6 nitrogen and oxygen atoms in total. The van der Waals surface area contributed by atoms with Crippen LogP contribution in [0.3, 0.4) is 0 Å². The topological polar surface area (TPSA) is 79.8 Å². The van der Waals surface area contributed by atoms with Crippen molar-refractivity contribution in [2.24, 2.45) is 0 Å². The SMILES string of the molecule is COc1cccc(O)c1C(=O)NC1CCCOC12CCNCC2. The van der Waals surface area contributed by atoms with Crippen molar-refractivity contribution in [1.29, 1.82) is 0 Å². The summed E-state index contributed by atoms with van der Waals surface area (Å²) in [4.78, 5) is 12.7. The van der Waals surface area contributed by atoms with E-state index in [1.54, 1.807) is 12.1 Å². The molecule has 0 bridgehead atoms. The third kappa shape index (κ3) is 3.14. The monoisotopic (exact) mass is 320 g/mol. The van der Waals surface area contributed by atoms with Gasteiger partial charge in [0.2, 0.25) is 0 Å². The zero-order chi connectivity index (χ0) is 16.3. The van der Waals surface area contributed by atoms with E-state index < -0.39 is 0 Å². The molecule has 23 heavy (non-hydrogen) atoms. The highest BCUT2D eigenvalue weighted by atomic mass is 16.5. The van der Waals surface area contributed by atoms with E-state index in [4.69, 9.17) is 9.47 Å². The van der Waals surface area contributed by atoms with E-state index >= 15 is 0 Å². The molecule has 1 aromatic carbocycles. The standard InChI is InChI=1S/C17H24N2O4/c1-22-13-5-2-4-12(20)15(13)16(21)19-14-6-3-11-23-17(14)7-9-18-10-8-17/h2,4-5,14,18,20H,3,6-11H2,1H3,(H,19,21). The van der Waals surface area contributed by atoms with Crippen molar-refractivity contribution < 1.29 is 19.4 Å². The second kappa shape index (κ2) is 6.76. The van der Waals surface area contributed by atoms with Crippen LogP contribution in [0.1, 0.15) is 36.0 Å². The minimum atomic E-state index is -0.312. The van der Waals surface area contributed by atoms with E-state index in [1.807, 2.05) is 0 Å². The third-order valence-electron chi connectivity index (χ3n) is 4.87. The van der Waals surface area contributed by atoms with E-state index in [2.05, 4.69) is 10.6 Å². The van der Waals surface area contributed by atoms with Crippen molar-refractivity contribution in [2.45, 2.75) is 37.3 Å². The van der Waals surface area contributed by atoms with Crippen LogP contribution in [0.15, 0.2) is 18.2 Å². The maximum atomic E-state index is 12.7. The van der Waals surface area contributed by atoms with Crippen molar-refractivity contribution in [2.75, 3.05) is 26.8 Å². The van der Waals surface area contributed by atoms with Crippen LogP contribution in [0.4, 0.5) is 0 Å². The van der Waals surface area contributed by atoms with Crippen LogP contribution in [-0.4, -0.2) is 49.5 Å². The Morgan fingerprint density at radius 2 is 2.22 bits per heavy atom. The Labute approximate surface area is 136 Å². The molecule has 0 aliphatic carbocycles. The Bertz CT molecular complexity index is 561. The zero-order valence-electron chi connectivity index (χ0n) is 13.4. The molecular formula is C17H24N2O4. The molecule has 0 radical (unpaired) electrons. The van der Waals surface area contributed by atoms with Crippen LogP contribution in [0.2, 0.25) is 0 Å². The van der Waals surface area contributed by atoms with Crippen LogP contribution in [0.5, 0.6) is 11.5 Å². The van der Waals surface area contributed by atoms with Gasteiger partial charge in [-0.25, -0.2) is 0 Å². The number of carbonyl (C=O) groups excluding carboxylic acids is 1. The number of aromatic hydroxyl groups is 1. The Morgan fingerprint density at radius 1 is 1.43 bits per heavy atom. The van der Waals surface area contributed by atoms with Gasteiger partial charge in [-0.1, -0.05) is 6.07 Å². The van der Waals surface area contributed by atoms with Crippen LogP contribution in [0.25, 0.3) is 0 Å². The Morgan fingerprint density at radius 3 is 2.96 bits per heavy atom. The third-order valence-corrected chi connectivity index (χ3v) is 4.87. The molecule has 2 saturated heterocycles. The van der Waals surface area contributed by atoms with E-state index in [0.29, 0.717) is 5.75 Å². The summed E-state index contributed by atoms with van der Waals surface area (Å²) in [5, 5.41) is 16.5. The highest BCUT2D eigenvalue weighted by Crippen LogP contribution is 2.34. The van der Waals surface area contributed by atoms with Gasteiger partial charge in [-0.15, -0.1) is 0 Å². The van der Waals surface area contributed by atoms with Gasteiger partial charge in [0.25, 0.3) is 5.91 Å². The molecule has 1 spiro atoms. The molecule has 1 atom stereocenters. The van der Waals surface area contributed by atoms with Crippen LogP contribution >= 0.6 is 0 Å². The summed E-state index contributed by atoms with van der Waals surface area (Å²) in [5.74, 6) is -0.00937. The molecule has 0 aromatic heterocycles. The summed E-state index contributed by atoms with van der Waals surface area (Å²) in [6.45, 7) is 2.53. The van der Waals surface area contributed by atoms with E-state index in [9.17, 15) is 9.90 Å². The smallest absolute Gasteiger partial charge is 0.259 e. The van der Waals surface area contributed by atoms with Gasteiger partial charge in [-0.2, -0.15) is 0 Å². The summed E-state index contributed by atoms with van der Waals surface area (Å²) in [6.07, 6.45) is 3.59. The molecular weight excluding hydrogens is 296 g/mol. The number of benzene rings is 1. The molecule has 2 heterocycles. The summed E-state index contributed by atoms with van der Waals surface area (Å²) in [5.41, 5.74) is -0.110. The molecule has 2 aliphatic heterocycles. The lowest BCUT2D eigenvalue weighted by atomic mass is 9.80. The van der Waals surface area contributed by atoms with Crippen LogP contribution in [-0.2, 0) is 4.74 Å². The van der Waals surface area contributed by atoms with Crippen molar-refractivity contribution >= 4 is 5.91 Å². The van der Waals surface area contributed by atoms with Crippen molar-refractivity contribution in [1.82, 2.24) is 10.6 Å². The van der Waals surface area contributed by atoms with Gasteiger partial charge in [0.05, 0.1) is 18.8 Å². The van der Waals surface area contributed by atoms with Crippen molar-refractivity contribution in [3.05, 3.63) is 23.8 Å². The normalized spacial score (nSPS) is 23.4. The lowest BCUT2D eigenvalue weighted by molar-refractivity contribution is -0.114. The van der Waals surface area contributed by atoms with Gasteiger partial charge >= 0.3 is 0 Å². The summed E-state index contributed by atoms with van der Waals surface area (Å²) in [6, 6.07) is 4.78. The number of piperidine rings is 1. The number of amides is 1. The van der Waals surface area contributed by atoms with Gasteiger partial charge < -0.3 is 25.2 Å². The van der Waals surface area contributed by atoms with Crippen molar-refractivity contribution in [3.8, 4) is 11.5 Å². The van der Waals surface area contributed by atoms with Gasteiger partial charge in [0.15, 0.2) is 0 Å². The Kier molecular flexibility index (Phi) is 4.73. The average Bonchev–Trinajstić information content (AvgIpc) is 2.57. The number of phenolic OH excluding ortho intramolecular Hbond substituents is 1. The summed E-state index contributed by atoms with van der Waals surface area (Å²) < 4.78 is 11.3. The number of hydrogen-bond acceptors (Lipinski definition) is 5. The molecule has 3 rings (SSSR count). The predicted molar refractivity (Wildman–Crippen MR) is 85.9 cm³/mol. The highest BCUT2D eigenvalue weighted by Gasteiger charge is 2.44. The minimum Gasteiger partial charge on any atom is -0.507 e. The Hall–Kier alpha value is -1.79. The van der Waals surface area contributed by atoms with Crippen molar-refractivity contribution in [3.63, 3.8) is 0 Å². The summed E-state index contributed by atoms with van der Waals surface area (Å²) >= 11 is 0. The first kappa shape index (κ1) is 16.1. The van der Waals surface area contributed by atoms with E-state index in [0.717, 1.165) is 45.4 Å². The molecule has 1 aromatic rings. The van der Waals surface area contributed by atoms with Gasteiger partial charge in [-0.05, 0) is 50.9 Å². The summed E-state index contributed by atoms with van der Waals surface area (Å²) in [7, 11) is 1.49. The molecule has 3 N–H and O–H groups in total. The number of hydrogen-bond donors (Lipinski definition) is 3. The molecule has 2 aliphatic rings. The second-order valence-electron chi connectivity index (χ2n) is 6.19. The number of nitrogens with one attached hydrogen (secondary N) is 2. The highest BCUT2D eigenvalue weighted by molar-refractivity contribution is 5.99. The number of ether oxygens (including phenoxy) is 2. The van der Waals surface area contributed by atoms with Gasteiger partial charge in [-0.3, -0.25) is 4.79 Å². The molecule has 1 amide bonds. The number of rotatable bonds is 3. The number of carbonyl (C=O) groups is 1. The maximum absolute atomic E-state index is 12.7. The first-order valence-electron chi connectivity index (χ1n) is 8.18. The molecule has 0 saturated carbocycles. The number of methoxy groups -OCH3 is 1. The van der Waals surface area contributed by atoms with E-state index in [-0.39, 0.29) is 28.9 Å². The quantitative estimate of drug-likeness (QED) is 0.785. The molecule has 1 unspecified atom stereocenters. The molecule has 126 valence electrons. The van der Waals surface area contributed by atoms with Gasteiger partial charge in [0, 0.05) is 6.61 Å². The number of phenols is 1. The zero-order valence-corrected chi connectivity index (χ0v) is 13.4. The minimum absolute atomic E-state index is 0.0461. The molecule has 6 heteroatoms. The van der Waals surface area contributed by atoms with E-state index in [1.165, 1.54) is 13.2 Å². The lowest BCUT2D eigenvalue weighted by Crippen LogP contribution is -2.60.